The average Bonchev–Trinajstić information content (AvgIpc) is 2.58. The Hall–Kier alpha value is -1.35. The van der Waals surface area contributed by atoms with Crippen LogP contribution in [-0.4, -0.2) is 23.8 Å². The minimum Gasteiger partial charge on any atom is -0.299 e. The molecule has 2 aromatic rings. The van der Waals surface area contributed by atoms with E-state index >= 15 is 0 Å². The van der Waals surface area contributed by atoms with Crippen LogP contribution in [-0.2, 0) is 6.54 Å². The SMILES string of the molecule is O=C(c1cc(Cl)ccc1Cl)c1ccccc1CN1CCCCC1. The molecule has 1 fully saturated rings. The highest BCUT2D eigenvalue weighted by Gasteiger charge is 2.19. The third-order valence-electron chi connectivity index (χ3n) is 4.28. The molecule has 23 heavy (non-hydrogen) atoms. The van der Waals surface area contributed by atoms with E-state index in [2.05, 4.69) is 4.90 Å². The van der Waals surface area contributed by atoms with Crippen LogP contribution < -0.4 is 0 Å². The molecule has 0 N–H and O–H groups in total. The minimum atomic E-state index is -0.0647. The summed E-state index contributed by atoms with van der Waals surface area (Å²) in [5, 5.41) is 0.957. The maximum absolute atomic E-state index is 12.9. The second kappa shape index (κ2) is 7.48. The summed E-state index contributed by atoms with van der Waals surface area (Å²) in [6, 6.07) is 12.8. The van der Waals surface area contributed by atoms with Crippen molar-refractivity contribution in [3.05, 3.63) is 69.2 Å². The number of rotatable bonds is 4. The highest BCUT2D eigenvalue weighted by molar-refractivity contribution is 6.36. The summed E-state index contributed by atoms with van der Waals surface area (Å²) in [6.45, 7) is 3.00. The van der Waals surface area contributed by atoms with Gasteiger partial charge in [0.1, 0.15) is 0 Å². The quantitative estimate of drug-likeness (QED) is 0.707. The number of hydrogen-bond acceptors (Lipinski definition) is 2. The number of carbonyl (C=O) groups excluding carboxylic acids is 1. The Labute approximate surface area is 147 Å². The molecule has 0 atom stereocenters. The Kier molecular flexibility index (Phi) is 5.37. The third-order valence-corrected chi connectivity index (χ3v) is 4.84. The van der Waals surface area contributed by atoms with Crippen molar-refractivity contribution in [3.63, 3.8) is 0 Å². The highest BCUT2D eigenvalue weighted by atomic mass is 35.5. The number of benzene rings is 2. The molecule has 0 amide bonds. The zero-order valence-corrected chi connectivity index (χ0v) is 14.4. The third kappa shape index (κ3) is 3.95. The Morgan fingerprint density at radius 2 is 1.70 bits per heavy atom. The Morgan fingerprint density at radius 3 is 2.48 bits per heavy atom. The predicted octanol–water partition coefficient (Wildman–Crippen LogP) is 5.21. The molecule has 1 heterocycles. The van der Waals surface area contributed by atoms with Crippen molar-refractivity contribution < 1.29 is 4.79 Å². The van der Waals surface area contributed by atoms with Gasteiger partial charge in [-0.05, 0) is 49.7 Å². The fraction of sp³-hybridized carbons (Fsp3) is 0.316. The van der Waals surface area contributed by atoms with E-state index in [9.17, 15) is 4.79 Å². The standard InChI is InChI=1S/C19H19Cl2NO/c20-15-8-9-18(21)17(12-15)19(23)16-7-3-2-6-14(16)13-22-10-4-1-5-11-22/h2-3,6-9,12H,1,4-5,10-11,13H2. The summed E-state index contributed by atoms with van der Waals surface area (Å²) in [5.74, 6) is -0.0647. The first kappa shape index (κ1) is 16.5. The van der Waals surface area contributed by atoms with E-state index in [1.54, 1.807) is 18.2 Å². The van der Waals surface area contributed by atoms with E-state index in [0.717, 1.165) is 25.2 Å². The second-order valence-electron chi connectivity index (χ2n) is 5.95. The van der Waals surface area contributed by atoms with Crippen LogP contribution in [0.3, 0.4) is 0 Å². The first-order valence-corrected chi connectivity index (χ1v) is 8.71. The van der Waals surface area contributed by atoms with Gasteiger partial charge < -0.3 is 0 Å². The number of nitrogens with zero attached hydrogens (tertiary/aromatic N) is 1. The van der Waals surface area contributed by atoms with Gasteiger partial charge in [0.15, 0.2) is 5.78 Å². The molecule has 1 aliphatic heterocycles. The molecule has 1 aliphatic rings. The molecule has 4 heteroatoms. The molecule has 0 spiro atoms. The van der Waals surface area contributed by atoms with Crippen LogP contribution in [0.15, 0.2) is 42.5 Å². The molecule has 0 radical (unpaired) electrons. The van der Waals surface area contributed by atoms with Gasteiger partial charge in [-0.1, -0.05) is 53.9 Å². The summed E-state index contributed by atoms with van der Waals surface area (Å²) in [6.07, 6.45) is 3.77. The van der Waals surface area contributed by atoms with Crippen molar-refractivity contribution in [3.8, 4) is 0 Å². The largest absolute Gasteiger partial charge is 0.299 e. The highest BCUT2D eigenvalue weighted by Crippen LogP contribution is 2.25. The van der Waals surface area contributed by atoms with Crippen molar-refractivity contribution >= 4 is 29.0 Å². The summed E-state index contributed by atoms with van der Waals surface area (Å²) in [5.41, 5.74) is 2.22. The topological polar surface area (TPSA) is 20.3 Å². The molecule has 0 aliphatic carbocycles. The van der Waals surface area contributed by atoms with E-state index in [-0.39, 0.29) is 5.78 Å². The summed E-state index contributed by atoms with van der Waals surface area (Å²) >= 11 is 12.2. The van der Waals surface area contributed by atoms with Crippen LogP contribution in [0.25, 0.3) is 0 Å². The first-order chi connectivity index (χ1) is 11.1. The number of ketones is 1. The van der Waals surface area contributed by atoms with Crippen molar-refractivity contribution in [1.29, 1.82) is 0 Å². The fourth-order valence-electron chi connectivity index (χ4n) is 3.05. The first-order valence-electron chi connectivity index (χ1n) is 7.95. The van der Waals surface area contributed by atoms with Crippen molar-refractivity contribution in [1.82, 2.24) is 4.90 Å². The van der Waals surface area contributed by atoms with Crippen LogP contribution in [0, 0.1) is 0 Å². The molecular weight excluding hydrogens is 329 g/mol. The van der Waals surface area contributed by atoms with Gasteiger partial charge in [-0.15, -0.1) is 0 Å². The lowest BCUT2D eigenvalue weighted by atomic mass is 9.97. The summed E-state index contributed by atoms with van der Waals surface area (Å²) in [7, 11) is 0. The van der Waals surface area contributed by atoms with Gasteiger partial charge in [-0.3, -0.25) is 9.69 Å². The van der Waals surface area contributed by atoms with Crippen molar-refractivity contribution in [2.75, 3.05) is 13.1 Å². The number of piperidine rings is 1. The predicted molar refractivity (Wildman–Crippen MR) is 95.5 cm³/mol. The van der Waals surface area contributed by atoms with Gasteiger partial charge in [-0.2, -0.15) is 0 Å². The van der Waals surface area contributed by atoms with Gasteiger partial charge in [0.25, 0.3) is 0 Å². The number of hydrogen-bond donors (Lipinski definition) is 0. The zero-order valence-electron chi connectivity index (χ0n) is 12.9. The average molecular weight is 348 g/mol. The zero-order chi connectivity index (χ0) is 16.2. The van der Waals surface area contributed by atoms with E-state index < -0.39 is 0 Å². The molecule has 2 aromatic carbocycles. The van der Waals surface area contributed by atoms with Crippen LogP contribution in [0.1, 0.15) is 40.7 Å². The van der Waals surface area contributed by atoms with Gasteiger partial charge in [0, 0.05) is 22.7 Å². The molecule has 2 nitrogen and oxygen atoms in total. The number of halogens is 2. The summed E-state index contributed by atoms with van der Waals surface area (Å²) in [4.78, 5) is 15.3. The molecular formula is C19H19Cl2NO. The van der Waals surface area contributed by atoms with E-state index in [4.69, 9.17) is 23.2 Å². The van der Waals surface area contributed by atoms with Crippen LogP contribution in [0.5, 0.6) is 0 Å². The van der Waals surface area contributed by atoms with Crippen LogP contribution in [0.4, 0.5) is 0 Å². The molecule has 0 unspecified atom stereocenters. The maximum Gasteiger partial charge on any atom is 0.194 e. The van der Waals surface area contributed by atoms with Gasteiger partial charge in [-0.25, -0.2) is 0 Å². The lowest BCUT2D eigenvalue weighted by molar-refractivity contribution is 0.103. The molecule has 0 bridgehead atoms. The lowest BCUT2D eigenvalue weighted by Crippen LogP contribution is -2.29. The summed E-state index contributed by atoms with van der Waals surface area (Å²) < 4.78 is 0. The monoisotopic (exact) mass is 347 g/mol. The smallest absolute Gasteiger partial charge is 0.194 e. The molecule has 120 valence electrons. The lowest BCUT2D eigenvalue weighted by Gasteiger charge is -2.27. The van der Waals surface area contributed by atoms with Gasteiger partial charge in [0.2, 0.25) is 0 Å². The molecule has 3 rings (SSSR count). The number of likely N-dealkylation sites (tertiary alicyclic amines) is 1. The van der Waals surface area contributed by atoms with E-state index in [1.807, 2.05) is 24.3 Å². The molecule has 0 saturated carbocycles. The van der Waals surface area contributed by atoms with Gasteiger partial charge >= 0.3 is 0 Å². The van der Waals surface area contributed by atoms with Crippen molar-refractivity contribution in [2.24, 2.45) is 0 Å². The normalized spacial score (nSPS) is 15.6. The molecule has 0 aromatic heterocycles. The van der Waals surface area contributed by atoms with Crippen LogP contribution in [0.2, 0.25) is 10.0 Å². The van der Waals surface area contributed by atoms with Crippen LogP contribution >= 0.6 is 23.2 Å². The maximum atomic E-state index is 12.9. The Morgan fingerprint density at radius 1 is 0.957 bits per heavy atom. The number of carbonyl (C=O) groups is 1. The van der Waals surface area contributed by atoms with E-state index in [0.29, 0.717) is 21.2 Å². The Balaban J connectivity index is 1.90. The van der Waals surface area contributed by atoms with Crippen molar-refractivity contribution in [2.45, 2.75) is 25.8 Å². The van der Waals surface area contributed by atoms with E-state index in [1.165, 1.54) is 19.3 Å². The fourth-order valence-corrected chi connectivity index (χ4v) is 3.43. The molecule has 1 saturated heterocycles. The Bertz CT molecular complexity index is 708. The minimum absolute atomic E-state index is 0.0647. The van der Waals surface area contributed by atoms with Gasteiger partial charge in [0.05, 0.1) is 5.02 Å². The second-order valence-corrected chi connectivity index (χ2v) is 6.79.